The van der Waals surface area contributed by atoms with Gasteiger partial charge in [-0.05, 0) is 49.6 Å². The standard InChI is InChI=1S/C85H139O4/c1-5-8-11-14-17-20-23-26-29-32-35-38-41-44-47-50-53-62-73-87-82-69-60-57-65-76(82)78-71-72-79(77-66-56-59-68-81(77)86-4)85(89-75-64-55-52-49-46-43-40-37-34-31-28-25-22-19-16-13-10-7-3)84(78)80-67-58-61-70-83(80)88-74-63-54-51-48-45-42-39-36-33-30-27-24-21-18-15-12-9-6-2/h56-61,65-70,72H,5-55,62-64,73-75H2,1-4H3. The number of hydrogen-bond donors (Lipinski definition) is 0. The lowest BCUT2D eigenvalue weighted by molar-refractivity contribution is 0.301. The van der Waals surface area contributed by atoms with Gasteiger partial charge < -0.3 is 18.9 Å². The van der Waals surface area contributed by atoms with E-state index in [0.717, 1.165) is 75.6 Å². The second-order valence-electron chi connectivity index (χ2n) is 27.1. The highest BCUT2D eigenvalue weighted by Gasteiger charge is 2.25. The minimum atomic E-state index is 0.636. The third-order valence-corrected chi connectivity index (χ3v) is 19.0. The molecule has 503 valence electrons. The first-order valence-corrected chi connectivity index (χ1v) is 39.0. The van der Waals surface area contributed by atoms with Crippen LogP contribution in [0.25, 0.3) is 33.4 Å². The molecule has 0 aliphatic heterocycles. The summed E-state index contributed by atoms with van der Waals surface area (Å²) >= 11 is 0. The van der Waals surface area contributed by atoms with E-state index in [1.54, 1.807) is 7.11 Å². The van der Waals surface area contributed by atoms with Crippen molar-refractivity contribution in [3.8, 4) is 56.4 Å². The molecule has 0 fully saturated rings. The van der Waals surface area contributed by atoms with E-state index in [1.807, 2.05) is 0 Å². The van der Waals surface area contributed by atoms with Gasteiger partial charge in [-0.1, -0.05) is 403 Å². The van der Waals surface area contributed by atoms with Crippen LogP contribution in [-0.2, 0) is 0 Å². The van der Waals surface area contributed by atoms with Crippen LogP contribution in [0, 0.1) is 6.07 Å². The van der Waals surface area contributed by atoms with Crippen molar-refractivity contribution >= 4 is 0 Å². The number of rotatable bonds is 64. The highest BCUT2D eigenvalue weighted by molar-refractivity contribution is 5.96. The molecule has 0 aromatic heterocycles. The lowest BCUT2D eigenvalue weighted by atomic mass is 9.88. The Bertz CT molecular complexity index is 2190. The summed E-state index contributed by atoms with van der Waals surface area (Å²) in [5.74, 6) is 3.47. The van der Waals surface area contributed by atoms with Crippen LogP contribution >= 0.6 is 0 Å². The Hall–Kier alpha value is -3.92. The smallest absolute Gasteiger partial charge is 0.135 e. The van der Waals surface area contributed by atoms with Gasteiger partial charge in [-0.25, -0.2) is 0 Å². The molecule has 0 aliphatic rings. The molecule has 4 aromatic rings. The number of methoxy groups -OCH3 is 1. The van der Waals surface area contributed by atoms with Gasteiger partial charge in [0.25, 0.3) is 0 Å². The van der Waals surface area contributed by atoms with E-state index in [2.05, 4.69) is 106 Å². The summed E-state index contributed by atoms with van der Waals surface area (Å²) in [5.41, 5.74) is 6.04. The Balaban J connectivity index is 1.36. The van der Waals surface area contributed by atoms with E-state index >= 15 is 0 Å². The highest BCUT2D eigenvalue weighted by Crippen LogP contribution is 2.50. The van der Waals surface area contributed by atoms with Crippen molar-refractivity contribution in [2.24, 2.45) is 0 Å². The van der Waals surface area contributed by atoms with E-state index in [9.17, 15) is 0 Å². The van der Waals surface area contributed by atoms with Gasteiger partial charge in [0.15, 0.2) is 0 Å². The Labute approximate surface area is 551 Å². The molecule has 0 atom stereocenters. The first-order chi connectivity index (χ1) is 44.2. The molecule has 0 aliphatic carbocycles. The van der Waals surface area contributed by atoms with Crippen LogP contribution in [0.5, 0.6) is 23.0 Å². The largest absolute Gasteiger partial charge is 0.496 e. The summed E-state index contributed by atoms with van der Waals surface area (Å²) in [4.78, 5) is 0. The molecule has 4 nitrogen and oxygen atoms in total. The van der Waals surface area contributed by atoms with Crippen LogP contribution in [0.15, 0.2) is 78.9 Å². The quantitative estimate of drug-likeness (QED) is 0.0413. The lowest BCUT2D eigenvalue weighted by Crippen LogP contribution is -2.05. The zero-order chi connectivity index (χ0) is 62.8. The summed E-state index contributed by atoms with van der Waals surface area (Å²) in [6.45, 7) is 8.95. The minimum absolute atomic E-state index is 0.636. The maximum atomic E-state index is 7.24. The molecule has 0 saturated carbocycles. The number of para-hydroxylation sites is 3. The summed E-state index contributed by atoms with van der Waals surface area (Å²) in [6, 6.07) is 31.7. The van der Waals surface area contributed by atoms with Gasteiger partial charge >= 0.3 is 0 Å². The third-order valence-electron chi connectivity index (χ3n) is 19.0. The average Bonchev–Trinajstić information content (AvgIpc) is 0.821. The third kappa shape index (κ3) is 37.4. The number of benzene rings is 4. The monoisotopic (exact) mass is 1220 g/mol. The molecular formula is C85H139O4. The molecule has 0 heterocycles. The molecule has 4 heteroatoms. The predicted molar refractivity (Wildman–Crippen MR) is 391 cm³/mol. The zero-order valence-corrected chi connectivity index (χ0v) is 58.9. The Morgan fingerprint density at radius 1 is 0.247 bits per heavy atom. The first-order valence-electron chi connectivity index (χ1n) is 39.0. The fourth-order valence-electron chi connectivity index (χ4n) is 13.4. The SMILES string of the molecule is CCCCCCCCCCCCCCCCCCCCOc1ccccc1-c1[c]cc(-c2ccccc2OC)c(OCCCCCCCCCCCCCCCCCCCC)c1-c1ccccc1OCCCCCCCCCCCCCCCCCCCC. The second-order valence-corrected chi connectivity index (χ2v) is 27.1. The van der Waals surface area contributed by atoms with Gasteiger partial charge in [0.05, 0.1) is 26.9 Å². The van der Waals surface area contributed by atoms with Crippen molar-refractivity contribution in [3.63, 3.8) is 0 Å². The van der Waals surface area contributed by atoms with Crippen LogP contribution in [0.3, 0.4) is 0 Å². The molecule has 0 spiro atoms. The first kappa shape index (κ1) is 77.5. The number of ether oxygens (including phenoxy) is 4. The van der Waals surface area contributed by atoms with Gasteiger partial charge in [-0.3, -0.25) is 0 Å². The van der Waals surface area contributed by atoms with Gasteiger partial charge in [0, 0.05) is 33.4 Å². The number of unbranched alkanes of at least 4 members (excludes halogenated alkanes) is 51. The fourth-order valence-corrected chi connectivity index (χ4v) is 13.4. The summed E-state index contributed by atoms with van der Waals surface area (Å²) in [6.07, 6.45) is 73.8. The molecular weight excluding hydrogens is 1080 g/mol. The van der Waals surface area contributed by atoms with E-state index < -0.39 is 0 Å². The minimum Gasteiger partial charge on any atom is -0.496 e. The predicted octanol–water partition coefficient (Wildman–Crippen LogP) is 28.8. The molecule has 1 radical (unpaired) electrons. The molecule has 0 saturated heterocycles. The molecule has 0 bridgehead atoms. The Morgan fingerprint density at radius 2 is 0.494 bits per heavy atom. The van der Waals surface area contributed by atoms with Crippen molar-refractivity contribution in [1.82, 2.24) is 0 Å². The summed E-state index contributed by atoms with van der Waals surface area (Å²) in [7, 11) is 1.77. The molecule has 4 rings (SSSR count). The van der Waals surface area contributed by atoms with Crippen molar-refractivity contribution in [1.29, 1.82) is 0 Å². The summed E-state index contributed by atoms with van der Waals surface area (Å²) < 4.78 is 27.0. The highest BCUT2D eigenvalue weighted by atomic mass is 16.5. The molecule has 0 unspecified atom stereocenters. The van der Waals surface area contributed by atoms with E-state index in [4.69, 9.17) is 18.9 Å². The fraction of sp³-hybridized carbons (Fsp3) is 0.718. The van der Waals surface area contributed by atoms with Gasteiger partial charge in [0.1, 0.15) is 23.0 Å². The van der Waals surface area contributed by atoms with E-state index in [1.165, 1.54) is 327 Å². The lowest BCUT2D eigenvalue weighted by Gasteiger charge is -2.23. The molecule has 89 heavy (non-hydrogen) atoms. The molecule has 0 amide bonds. The van der Waals surface area contributed by atoms with Crippen LogP contribution < -0.4 is 18.9 Å². The van der Waals surface area contributed by atoms with Crippen molar-refractivity contribution < 1.29 is 18.9 Å². The van der Waals surface area contributed by atoms with Gasteiger partial charge in [-0.2, -0.15) is 0 Å². The topological polar surface area (TPSA) is 36.9 Å². The van der Waals surface area contributed by atoms with Crippen molar-refractivity contribution in [2.45, 2.75) is 367 Å². The van der Waals surface area contributed by atoms with Crippen LogP contribution in [0.2, 0.25) is 0 Å². The Morgan fingerprint density at radius 3 is 0.809 bits per heavy atom. The van der Waals surface area contributed by atoms with Crippen LogP contribution in [0.4, 0.5) is 0 Å². The average molecular weight is 1230 g/mol. The maximum Gasteiger partial charge on any atom is 0.135 e. The van der Waals surface area contributed by atoms with Crippen LogP contribution in [-0.4, -0.2) is 26.9 Å². The van der Waals surface area contributed by atoms with Crippen molar-refractivity contribution in [3.05, 3.63) is 84.9 Å². The van der Waals surface area contributed by atoms with Gasteiger partial charge in [0.2, 0.25) is 0 Å². The van der Waals surface area contributed by atoms with E-state index in [-0.39, 0.29) is 0 Å². The molecule has 4 aromatic carbocycles. The molecule has 0 N–H and O–H groups in total. The second kappa shape index (κ2) is 56.8. The van der Waals surface area contributed by atoms with E-state index in [0.29, 0.717) is 19.8 Å². The Kier molecular flexibility index (Phi) is 49.5. The maximum absolute atomic E-state index is 7.24. The van der Waals surface area contributed by atoms with Crippen LogP contribution in [0.1, 0.15) is 367 Å². The summed E-state index contributed by atoms with van der Waals surface area (Å²) in [5, 5.41) is 0. The van der Waals surface area contributed by atoms with Crippen molar-refractivity contribution in [2.75, 3.05) is 26.9 Å². The normalized spacial score (nSPS) is 11.5. The van der Waals surface area contributed by atoms with Gasteiger partial charge in [-0.15, -0.1) is 0 Å². The number of hydrogen-bond acceptors (Lipinski definition) is 4. The zero-order valence-electron chi connectivity index (χ0n) is 58.9.